The molecule has 2 aromatic carbocycles. The largest absolute Gasteiger partial charge is 0.508 e. The molecular weight excluding hydrogens is 272 g/mol. The number of ether oxygens (including phenoxy) is 1. The number of non-ortho nitro benzene ring substituents is 1. The Morgan fingerprint density at radius 1 is 1.33 bits per heavy atom. The van der Waals surface area contributed by atoms with Crippen molar-refractivity contribution in [3.05, 3.63) is 63.7 Å². The molecule has 1 heterocycles. The maximum Gasteiger partial charge on any atom is 0.269 e. The van der Waals surface area contributed by atoms with Crippen LogP contribution in [0.5, 0.6) is 11.5 Å². The molecule has 0 spiro atoms. The summed E-state index contributed by atoms with van der Waals surface area (Å²) in [4.78, 5) is 10.3. The molecule has 0 radical (unpaired) electrons. The van der Waals surface area contributed by atoms with Crippen LogP contribution in [0.25, 0.3) is 0 Å². The molecule has 6 nitrogen and oxygen atoms in total. The first kappa shape index (κ1) is 13.4. The van der Waals surface area contributed by atoms with Gasteiger partial charge >= 0.3 is 0 Å². The quantitative estimate of drug-likeness (QED) is 0.666. The van der Waals surface area contributed by atoms with E-state index < -0.39 is 4.92 Å². The Bertz CT molecular complexity index is 687. The van der Waals surface area contributed by atoms with Crippen LogP contribution in [-0.4, -0.2) is 16.6 Å². The van der Waals surface area contributed by atoms with Crippen molar-refractivity contribution in [1.29, 1.82) is 0 Å². The highest BCUT2D eigenvalue weighted by molar-refractivity contribution is 5.44. The maximum atomic E-state index is 10.8. The highest BCUT2D eigenvalue weighted by Gasteiger charge is 2.23. The van der Waals surface area contributed by atoms with E-state index in [2.05, 4.69) is 5.32 Å². The number of rotatable bonds is 4. The summed E-state index contributed by atoms with van der Waals surface area (Å²) in [5, 5.41) is 23.5. The van der Waals surface area contributed by atoms with Gasteiger partial charge in [-0.3, -0.25) is 10.1 Å². The summed E-state index contributed by atoms with van der Waals surface area (Å²) in [5.74, 6) is 0.847. The topological polar surface area (TPSA) is 84.6 Å². The molecule has 108 valence electrons. The molecule has 2 N–H and O–H groups in total. The lowest BCUT2D eigenvalue weighted by molar-refractivity contribution is -0.384. The second-order valence-corrected chi connectivity index (χ2v) is 4.89. The Labute approximate surface area is 121 Å². The molecule has 21 heavy (non-hydrogen) atoms. The second kappa shape index (κ2) is 5.41. The number of nitro groups is 1. The highest BCUT2D eigenvalue weighted by atomic mass is 16.6. The first-order valence-electron chi connectivity index (χ1n) is 6.56. The van der Waals surface area contributed by atoms with Gasteiger partial charge in [0.2, 0.25) is 0 Å². The lowest BCUT2D eigenvalue weighted by Crippen LogP contribution is -2.21. The Hall–Kier alpha value is -2.60. The van der Waals surface area contributed by atoms with E-state index in [1.165, 1.54) is 6.07 Å². The lowest BCUT2D eigenvalue weighted by atomic mass is 10.1. The summed E-state index contributed by atoms with van der Waals surface area (Å²) in [6, 6.07) is 11.6. The second-order valence-electron chi connectivity index (χ2n) is 4.89. The zero-order valence-electron chi connectivity index (χ0n) is 11.2. The zero-order valence-corrected chi connectivity index (χ0v) is 11.2. The van der Waals surface area contributed by atoms with Crippen LogP contribution in [0.3, 0.4) is 0 Å². The molecule has 6 heteroatoms. The van der Waals surface area contributed by atoms with Crippen molar-refractivity contribution in [2.45, 2.75) is 12.6 Å². The predicted octanol–water partition coefficient (Wildman–Crippen LogP) is 2.52. The van der Waals surface area contributed by atoms with Gasteiger partial charge in [-0.15, -0.1) is 0 Å². The first-order valence-corrected chi connectivity index (χ1v) is 6.56. The van der Waals surface area contributed by atoms with Gasteiger partial charge in [0.1, 0.15) is 18.1 Å². The fourth-order valence-corrected chi connectivity index (χ4v) is 2.39. The van der Waals surface area contributed by atoms with Gasteiger partial charge < -0.3 is 15.2 Å². The van der Waals surface area contributed by atoms with Crippen molar-refractivity contribution in [1.82, 2.24) is 5.32 Å². The monoisotopic (exact) mass is 286 g/mol. The van der Waals surface area contributed by atoms with E-state index in [1.807, 2.05) is 12.1 Å². The molecular formula is C15H14N2O4. The summed E-state index contributed by atoms with van der Waals surface area (Å²) in [7, 11) is 0. The fraction of sp³-hybridized carbons (Fsp3) is 0.200. The molecule has 0 saturated carbocycles. The van der Waals surface area contributed by atoms with E-state index in [4.69, 9.17) is 4.74 Å². The summed E-state index contributed by atoms with van der Waals surface area (Å²) in [6.45, 7) is 0.990. The Kier molecular flexibility index (Phi) is 3.45. The van der Waals surface area contributed by atoms with Crippen molar-refractivity contribution < 1.29 is 14.8 Å². The number of benzene rings is 2. The smallest absolute Gasteiger partial charge is 0.269 e. The number of hydrogen-bond acceptors (Lipinski definition) is 5. The summed E-state index contributed by atoms with van der Waals surface area (Å²) in [5.41, 5.74) is 1.91. The number of aromatic hydroxyl groups is 1. The molecule has 1 atom stereocenters. The number of phenolic OH excluding ortho intramolecular Hbond substituents is 1. The van der Waals surface area contributed by atoms with Crippen molar-refractivity contribution in [2.24, 2.45) is 0 Å². The van der Waals surface area contributed by atoms with Gasteiger partial charge in [0, 0.05) is 30.3 Å². The van der Waals surface area contributed by atoms with Gasteiger partial charge in [-0.1, -0.05) is 12.1 Å². The summed E-state index contributed by atoms with van der Waals surface area (Å²) in [6.07, 6.45) is 0. The molecule has 0 fully saturated rings. The highest BCUT2D eigenvalue weighted by Crippen LogP contribution is 2.34. The number of hydrogen-bond donors (Lipinski definition) is 2. The molecule has 2 aromatic rings. The van der Waals surface area contributed by atoms with Crippen LogP contribution in [0, 0.1) is 10.1 Å². The Morgan fingerprint density at radius 3 is 3.00 bits per heavy atom. The SMILES string of the molecule is O=[N+]([O-])c1cccc(CNC2COc3cc(O)ccc32)c1. The number of nitrogens with one attached hydrogen (secondary N) is 1. The van der Waals surface area contributed by atoms with E-state index in [0.717, 1.165) is 11.1 Å². The van der Waals surface area contributed by atoms with Gasteiger partial charge in [0.25, 0.3) is 5.69 Å². The zero-order chi connectivity index (χ0) is 14.8. The first-order chi connectivity index (χ1) is 10.1. The summed E-state index contributed by atoms with van der Waals surface area (Å²) >= 11 is 0. The Morgan fingerprint density at radius 2 is 2.19 bits per heavy atom. The minimum absolute atomic E-state index is 0.0138. The molecule has 0 saturated heterocycles. The van der Waals surface area contributed by atoms with Gasteiger partial charge in [-0.05, 0) is 17.7 Å². The van der Waals surface area contributed by atoms with Crippen LogP contribution < -0.4 is 10.1 Å². The molecule has 1 unspecified atom stereocenters. The normalized spacial score (nSPS) is 16.3. The van der Waals surface area contributed by atoms with Crippen LogP contribution in [0.15, 0.2) is 42.5 Å². The van der Waals surface area contributed by atoms with E-state index >= 15 is 0 Å². The van der Waals surface area contributed by atoms with Crippen LogP contribution in [0.2, 0.25) is 0 Å². The molecule has 0 bridgehead atoms. The van der Waals surface area contributed by atoms with E-state index in [-0.39, 0.29) is 17.5 Å². The van der Waals surface area contributed by atoms with Crippen LogP contribution in [-0.2, 0) is 6.54 Å². The van der Waals surface area contributed by atoms with Gasteiger partial charge in [-0.25, -0.2) is 0 Å². The van der Waals surface area contributed by atoms with Gasteiger partial charge in [0.05, 0.1) is 11.0 Å². The fourth-order valence-electron chi connectivity index (χ4n) is 2.39. The van der Waals surface area contributed by atoms with Gasteiger partial charge in [-0.2, -0.15) is 0 Å². The minimum Gasteiger partial charge on any atom is -0.508 e. The standard InChI is InChI=1S/C15H14N2O4/c18-12-4-5-13-14(9-21-15(13)7-12)16-8-10-2-1-3-11(6-10)17(19)20/h1-7,14,16,18H,8-9H2. The van der Waals surface area contributed by atoms with Gasteiger partial charge in [0.15, 0.2) is 0 Å². The van der Waals surface area contributed by atoms with Crippen LogP contribution >= 0.6 is 0 Å². The number of fused-ring (bicyclic) bond motifs is 1. The molecule has 0 aliphatic carbocycles. The maximum absolute atomic E-state index is 10.8. The molecule has 0 amide bonds. The van der Waals surface area contributed by atoms with Crippen molar-refractivity contribution in [3.63, 3.8) is 0 Å². The molecule has 1 aliphatic heterocycles. The van der Waals surface area contributed by atoms with Crippen LogP contribution in [0.1, 0.15) is 17.2 Å². The molecule has 1 aliphatic rings. The average molecular weight is 286 g/mol. The van der Waals surface area contributed by atoms with E-state index in [9.17, 15) is 15.2 Å². The van der Waals surface area contributed by atoms with E-state index in [1.54, 1.807) is 24.3 Å². The molecule has 3 rings (SSSR count). The third-order valence-electron chi connectivity index (χ3n) is 3.45. The third kappa shape index (κ3) is 2.80. The van der Waals surface area contributed by atoms with Crippen molar-refractivity contribution >= 4 is 5.69 Å². The van der Waals surface area contributed by atoms with E-state index in [0.29, 0.717) is 18.9 Å². The average Bonchev–Trinajstić information content (AvgIpc) is 2.87. The van der Waals surface area contributed by atoms with Crippen molar-refractivity contribution in [3.8, 4) is 11.5 Å². The Balaban J connectivity index is 1.70. The number of nitro benzene ring substituents is 1. The lowest BCUT2D eigenvalue weighted by Gasteiger charge is -2.11. The van der Waals surface area contributed by atoms with Crippen LogP contribution in [0.4, 0.5) is 5.69 Å². The summed E-state index contributed by atoms with van der Waals surface area (Å²) < 4.78 is 5.51. The molecule has 0 aromatic heterocycles. The van der Waals surface area contributed by atoms with Crippen molar-refractivity contribution in [2.75, 3.05) is 6.61 Å². The number of phenols is 1. The third-order valence-corrected chi connectivity index (χ3v) is 3.45. The number of nitrogens with zero attached hydrogens (tertiary/aromatic N) is 1. The predicted molar refractivity (Wildman–Crippen MR) is 76.3 cm³/mol. The minimum atomic E-state index is -0.403.